The Labute approximate surface area is 112 Å². The van der Waals surface area contributed by atoms with E-state index in [9.17, 15) is 17.2 Å². The molecule has 20 heavy (non-hydrogen) atoms. The second-order valence-electron chi connectivity index (χ2n) is 3.78. The fraction of sp³-hybridized carbons (Fsp3) is 0.200. The molecular formula is C10H9F2N3O4S. The number of rotatable bonds is 4. The molecule has 1 heterocycles. The molecule has 0 fully saturated rings. The molecule has 0 atom stereocenters. The fourth-order valence-corrected chi connectivity index (χ4v) is 2.12. The summed E-state index contributed by atoms with van der Waals surface area (Å²) in [6.07, 6.45) is 0. The molecule has 10 heteroatoms. The Morgan fingerprint density at radius 1 is 1.40 bits per heavy atom. The van der Waals surface area contributed by atoms with E-state index in [1.54, 1.807) is 0 Å². The minimum Gasteiger partial charge on any atom is -0.481 e. The summed E-state index contributed by atoms with van der Waals surface area (Å²) < 4.78 is 58.9. The third-order valence-corrected chi connectivity index (χ3v) is 3.11. The van der Waals surface area contributed by atoms with Crippen molar-refractivity contribution >= 4 is 10.0 Å². The summed E-state index contributed by atoms with van der Waals surface area (Å²) in [5.74, 6) is -2.65. The molecule has 2 rings (SSSR count). The van der Waals surface area contributed by atoms with Gasteiger partial charge in [0, 0.05) is 13.0 Å². The zero-order valence-corrected chi connectivity index (χ0v) is 10.9. The van der Waals surface area contributed by atoms with E-state index in [0.29, 0.717) is 12.1 Å². The lowest BCUT2D eigenvalue weighted by atomic mass is 10.3. The molecule has 0 unspecified atom stereocenters. The summed E-state index contributed by atoms with van der Waals surface area (Å²) in [6.45, 7) is 1.17. The van der Waals surface area contributed by atoms with Crippen LogP contribution in [-0.2, 0) is 16.6 Å². The van der Waals surface area contributed by atoms with Crippen molar-refractivity contribution in [3.05, 3.63) is 35.5 Å². The number of aryl methyl sites for hydroxylation is 1. The van der Waals surface area contributed by atoms with Crippen LogP contribution in [0.25, 0.3) is 0 Å². The van der Waals surface area contributed by atoms with Gasteiger partial charge in [-0.1, -0.05) is 5.16 Å². The van der Waals surface area contributed by atoms with Crippen molar-refractivity contribution in [2.45, 2.75) is 18.4 Å². The first-order chi connectivity index (χ1) is 9.27. The van der Waals surface area contributed by atoms with Crippen molar-refractivity contribution in [3.63, 3.8) is 0 Å². The van der Waals surface area contributed by atoms with Gasteiger partial charge in [0.15, 0.2) is 18.2 Å². The van der Waals surface area contributed by atoms with Crippen LogP contribution in [0.1, 0.15) is 11.7 Å². The Bertz CT molecular complexity index is 745. The maximum atomic E-state index is 13.6. The molecule has 108 valence electrons. The van der Waals surface area contributed by atoms with Gasteiger partial charge < -0.3 is 9.26 Å². The first kappa shape index (κ1) is 14.3. The molecule has 0 aliphatic rings. The molecule has 1 aromatic carbocycles. The van der Waals surface area contributed by atoms with E-state index in [1.807, 2.05) is 0 Å². The van der Waals surface area contributed by atoms with Gasteiger partial charge in [-0.25, -0.2) is 22.3 Å². The zero-order valence-electron chi connectivity index (χ0n) is 10.1. The molecular weight excluding hydrogens is 296 g/mol. The van der Waals surface area contributed by atoms with Crippen molar-refractivity contribution in [1.29, 1.82) is 0 Å². The van der Waals surface area contributed by atoms with Gasteiger partial charge in [-0.3, -0.25) is 0 Å². The van der Waals surface area contributed by atoms with E-state index in [1.165, 1.54) is 6.92 Å². The molecule has 7 nitrogen and oxygen atoms in total. The number of nitrogens with zero attached hydrogens (tertiary/aromatic N) is 2. The van der Waals surface area contributed by atoms with Gasteiger partial charge in [-0.2, -0.15) is 4.98 Å². The van der Waals surface area contributed by atoms with Crippen LogP contribution < -0.4 is 9.88 Å². The Morgan fingerprint density at radius 2 is 2.10 bits per heavy atom. The van der Waals surface area contributed by atoms with E-state index in [4.69, 9.17) is 9.88 Å². The summed E-state index contributed by atoms with van der Waals surface area (Å²) >= 11 is 0. The summed E-state index contributed by atoms with van der Waals surface area (Å²) in [5.41, 5.74) is 0. The number of sulfonamides is 1. The number of ether oxygens (including phenoxy) is 1. The van der Waals surface area contributed by atoms with Crippen LogP contribution in [0.15, 0.2) is 21.6 Å². The van der Waals surface area contributed by atoms with Crippen LogP contribution in [0.3, 0.4) is 0 Å². The van der Waals surface area contributed by atoms with Gasteiger partial charge in [0.05, 0.1) is 0 Å². The molecule has 0 bridgehead atoms. The third kappa shape index (κ3) is 3.08. The van der Waals surface area contributed by atoms with Gasteiger partial charge in [-0.05, 0) is 6.07 Å². The predicted molar refractivity (Wildman–Crippen MR) is 61.1 cm³/mol. The Morgan fingerprint density at radius 3 is 2.65 bits per heavy atom. The maximum absolute atomic E-state index is 13.6. The van der Waals surface area contributed by atoms with Gasteiger partial charge >= 0.3 is 0 Å². The van der Waals surface area contributed by atoms with Crippen molar-refractivity contribution in [2.24, 2.45) is 5.14 Å². The predicted octanol–water partition coefficient (Wildman–Crippen LogP) is 0.883. The summed E-state index contributed by atoms with van der Waals surface area (Å²) in [7, 11) is -4.35. The van der Waals surface area contributed by atoms with Crippen LogP contribution in [0.2, 0.25) is 0 Å². The van der Waals surface area contributed by atoms with Gasteiger partial charge in [-0.15, -0.1) is 0 Å². The Hall–Kier alpha value is -2.07. The van der Waals surface area contributed by atoms with Crippen LogP contribution in [0.4, 0.5) is 8.78 Å². The molecule has 2 N–H and O–H groups in total. The second-order valence-corrected chi connectivity index (χ2v) is 5.31. The number of nitrogens with two attached hydrogens (primary N) is 1. The highest BCUT2D eigenvalue weighted by Gasteiger charge is 2.22. The number of primary sulfonamides is 1. The van der Waals surface area contributed by atoms with Crippen molar-refractivity contribution < 1.29 is 26.5 Å². The van der Waals surface area contributed by atoms with Crippen molar-refractivity contribution in [2.75, 3.05) is 0 Å². The molecule has 0 saturated heterocycles. The highest BCUT2D eigenvalue weighted by Crippen LogP contribution is 2.28. The number of halogens is 2. The number of hydrogen-bond donors (Lipinski definition) is 1. The largest absolute Gasteiger partial charge is 0.481 e. The topological polar surface area (TPSA) is 108 Å². The summed E-state index contributed by atoms with van der Waals surface area (Å²) in [5, 5.41) is 8.36. The van der Waals surface area contributed by atoms with Gasteiger partial charge in [0.2, 0.25) is 21.7 Å². The van der Waals surface area contributed by atoms with E-state index < -0.39 is 32.3 Å². The van der Waals surface area contributed by atoms with E-state index in [0.717, 1.165) is 0 Å². The SMILES string of the molecule is Cc1nc(COc2c(F)cc(F)cc2S(N)(=O)=O)no1. The van der Waals surface area contributed by atoms with Gasteiger partial charge in [0.1, 0.15) is 10.7 Å². The first-order valence-corrected chi connectivity index (χ1v) is 6.76. The zero-order chi connectivity index (χ0) is 14.9. The Balaban J connectivity index is 2.35. The molecule has 0 saturated carbocycles. The average Bonchev–Trinajstić information content (AvgIpc) is 2.72. The standard InChI is InChI=1S/C10H9F2N3O4S/c1-5-14-9(15-19-5)4-18-10-7(12)2-6(11)3-8(10)20(13,16)17/h2-3H,4H2,1H3,(H2,13,16,17). The van der Waals surface area contributed by atoms with Crippen molar-refractivity contribution in [3.8, 4) is 5.75 Å². The minimum absolute atomic E-state index is 0.0756. The van der Waals surface area contributed by atoms with E-state index in [2.05, 4.69) is 14.7 Å². The number of benzene rings is 1. The number of aromatic nitrogens is 2. The highest BCUT2D eigenvalue weighted by atomic mass is 32.2. The van der Waals surface area contributed by atoms with Crippen LogP contribution in [0, 0.1) is 18.6 Å². The van der Waals surface area contributed by atoms with Crippen LogP contribution in [0.5, 0.6) is 5.75 Å². The first-order valence-electron chi connectivity index (χ1n) is 5.21. The average molecular weight is 305 g/mol. The normalized spacial score (nSPS) is 11.6. The molecule has 0 radical (unpaired) electrons. The lowest BCUT2D eigenvalue weighted by Gasteiger charge is -2.09. The molecule has 0 aliphatic carbocycles. The summed E-state index contributed by atoms with van der Waals surface area (Å²) in [4.78, 5) is 2.99. The molecule has 1 aromatic heterocycles. The molecule has 2 aromatic rings. The van der Waals surface area contributed by atoms with Gasteiger partial charge in [0.25, 0.3) is 0 Å². The Kier molecular flexibility index (Phi) is 3.68. The van der Waals surface area contributed by atoms with E-state index in [-0.39, 0.29) is 18.3 Å². The van der Waals surface area contributed by atoms with Crippen LogP contribution in [-0.4, -0.2) is 18.6 Å². The third-order valence-electron chi connectivity index (χ3n) is 2.20. The monoisotopic (exact) mass is 305 g/mol. The molecule has 0 spiro atoms. The lowest BCUT2D eigenvalue weighted by molar-refractivity contribution is 0.264. The van der Waals surface area contributed by atoms with Crippen LogP contribution >= 0.6 is 0 Å². The number of hydrogen-bond acceptors (Lipinski definition) is 6. The smallest absolute Gasteiger partial charge is 0.241 e. The fourth-order valence-electron chi connectivity index (χ4n) is 1.42. The molecule has 0 aliphatic heterocycles. The molecule has 0 amide bonds. The minimum atomic E-state index is -4.35. The lowest BCUT2D eigenvalue weighted by Crippen LogP contribution is -2.15. The summed E-state index contributed by atoms with van der Waals surface area (Å²) in [6, 6.07) is 1.04. The van der Waals surface area contributed by atoms with Crippen molar-refractivity contribution in [1.82, 2.24) is 10.1 Å². The quantitative estimate of drug-likeness (QED) is 0.898. The maximum Gasteiger partial charge on any atom is 0.241 e. The second kappa shape index (κ2) is 5.13. The highest BCUT2D eigenvalue weighted by molar-refractivity contribution is 7.89. The van der Waals surface area contributed by atoms with E-state index >= 15 is 0 Å².